The Labute approximate surface area is 498 Å². The molecule has 0 radical (unpaired) electrons. The second-order valence-electron chi connectivity index (χ2n) is 24.2. The van der Waals surface area contributed by atoms with E-state index in [4.69, 9.17) is 37.0 Å². The summed E-state index contributed by atoms with van der Waals surface area (Å²) in [6.45, 7) is 11.6. The molecule has 486 valence electrons. The quantitative estimate of drug-likeness (QED) is 0.0222. The Kier molecular flexibility index (Phi) is 53.2. The number of rotatable bonds is 61. The molecule has 17 nitrogen and oxygen atoms in total. The van der Waals surface area contributed by atoms with Crippen LogP contribution in [0.3, 0.4) is 0 Å². The normalized spacial score (nSPS) is 14.4. The first-order chi connectivity index (χ1) is 39.2. The van der Waals surface area contributed by atoms with E-state index in [-0.39, 0.29) is 25.7 Å². The lowest BCUT2D eigenvalue weighted by Crippen LogP contribution is -2.30. The van der Waals surface area contributed by atoms with Gasteiger partial charge in [0.25, 0.3) is 0 Å². The fourth-order valence-corrected chi connectivity index (χ4v) is 10.9. The third-order valence-electron chi connectivity index (χ3n) is 14.4. The number of phosphoric ester groups is 2. The van der Waals surface area contributed by atoms with Gasteiger partial charge in [-0.1, -0.05) is 254 Å². The molecule has 0 aliphatic rings. The van der Waals surface area contributed by atoms with Crippen molar-refractivity contribution in [3.63, 3.8) is 0 Å². The Morgan fingerprint density at radius 3 is 0.829 bits per heavy atom. The van der Waals surface area contributed by atoms with E-state index in [9.17, 15) is 43.2 Å². The zero-order valence-corrected chi connectivity index (χ0v) is 54.7. The Morgan fingerprint density at radius 1 is 0.329 bits per heavy atom. The van der Waals surface area contributed by atoms with E-state index in [2.05, 4.69) is 48.5 Å². The van der Waals surface area contributed by atoms with Gasteiger partial charge in [0.2, 0.25) is 0 Å². The molecule has 82 heavy (non-hydrogen) atoms. The average Bonchev–Trinajstić information content (AvgIpc) is 3.44. The fourth-order valence-electron chi connectivity index (χ4n) is 9.30. The van der Waals surface area contributed by atoms with Crippen molar-refractivity contribution in [3.8, 4) is 0 Å². The van der Waals surface area contributed by atoms with Crippen LogP contribution in [0.25, 0.3) is 0 Å². The maximum atomic E-state index is 13.0. The van der Waals surface area contributed by atoms with Gasteiger partial charge in [-0.3, -0.25) is 37.3 Å². The highest BCUT2D eigenvalue weighted by molar-refractivity contribution is 7.47. The van der Waals surface area contributed by atoms with Crippen molar-refractivity contribution in [1.29, 1.82) is 0 Å². The Morgan fingerprint density at radius 2 is 0.561 bits per heavy atom. The van der Waals surface area contributed by atoms with Crippen LogP contribution in [0.1, 0.15) is 305 Å². The molecule has 0 aromatic heterocycles. The smallest absolute Gasteiger partial charge is 0.462 e. The molecule has 0 aromatic rings. The van der Waals surface area contributed by atoms with E-state index in [1.165, 1.54) is 103 Å². The van der Waals surface area contributed by atoms with Crippen molar-refractivity contribution in [3.05, 3.63) is 0 Å². The predicted molar refractivity (Wildman–Crippen MR) is 326 cm³/mol. The number of esters is 4. The first-order valence-corrected chi connectivity index (χ1v) is 35.8. The van der Waals surface area contributed by atoms with Gasteiger partial charge in [0.15, 0.2) is 12.2 Å². The third-order valence-corrected chi connectivity index (χ3v) is 16.3. The van der Waals surface area contributed by atoms with Gasteiger partial charge in [-0.05, 0) is 43.4 Å². The molecular formula is C63H122O17P2. The number of phosphoric acid groups is 2. The summed E-state index contributed by atoms with van der Waals surface area (Å²) in [6, 6.07) is 0. The molecule has 3 N–H and O–H groups in total. The Bertz CT molecular complexity index is 1630. The van der Waals surface area contributed by atoms with Gasteiger partial charge in [-0.25, -0.2) is 9.13 Å². The van der Waals surface area contributed by atoms with Crippen LogP contribution in [0.4, 0.5) is 0 Å². The van der Waals surface area contributed by atoms with Gasteiger partial charge in [0, 0.05) is 25.7 Å². The van der Waals surface area contributed by atoms with Crippen LogP contribution in [-0.4, -0.2) is 96.7 Å². The summed E-state index contributed by atoms with van der Waals surface area (Å²) in [5, 5.41) is 10.5. The predicted octanol–water partition coefficient (Wildman–Crippen LogP) is 17.1. The molecule has 2 unspecified atom stereocenters. The van der Waals surface area contributed by atoms with Crippen LogP contribution in [0.2, 0.25) is 0 Å². The second-order valence-corrected chi connectivity index (χ2v) is 27.1. The maximum Gasteiger partial charge on any atom is 0.472 e. The molecule has 0 aliphatic carbocycles. The molecule has 0 saturated heterocycles. The van der Waals surface area contributed by atoms with Gasteiger partial charge >= 0.3 is 39.5 Å². The number of hydrogen-bond acceptors (Lipinski definition) is 15. The molecule has 0 bridgehead atoms. The second kappa shape index (κ2) is 54.5. The van der Waals surface area contributed by atoms with Gasteiger partial charge in [0.1, 0.15) is 19.3 Å². The first kappa shape index (κ1) is 80.1. The Hall–Kier alpha value is -1.94. The van der Waals surface area contributed by atoms with Crippen molar-refractivity contribution >= 4 is 39.5 Å². The van der Waals surface area contributed by atoms with Crippen molar-refractivity contribution in [2.24, 2.45) is 17.8 Å². The summed E-state index contributed by atoms with van der Waals surface area (Å²) in [5.41, 5.74) is 0. The molecule has 19 heteroatoms. The molecule has 0 rings (SSSR count). The number of aliphatic hydroxyl groups excluding tert-OH is 1. The number of aliphatic hydroxyl groups is 1. The van der Waals surface area contributed by atoms with Crippen molar-refractivity contribution in [2.75, 3.05) is 39.6 Å². The van der Waals surface area contributed by atoms with Crippen molar-refractivity contribution in [2.45, 2.75) is 324 Å². The SMILES string of the molecule is CCCCCCCCCC(=O)OC[C@H](COP(=O)(O)OC[C@H](O)COP(=O)(O)OC[C@@H](COC(=O)CCCCCCCCCCCC(C)C)OC(=O)CCCCCCCCCCCCCC(C)C)OC(=O)CCCCCCCCC(C)C. The largest absolute Gasteiger partial charge is 0.472 e. The summed E-state index contributed by atoms with van der Waals surface area (Å²) in [6.07, 6.45) is 35.1. The number of unbranched alkanes of at least 4 members (excludes halogenated alkanes) is 29. The monoisotopic (exact) mass is 1210 g/mol. The van der Waals surface area contributed by atoms with Crippen LogP contribution in [0.15, 0.2) is 0 Å². The number of carbonyl (C=O) groups is 4. The Balaban J connectivity index is 5.22. The molecule has 0 spiro atoms. The van der Waals surface area contributed by atoms with E-state index in [1.54, 1.807) is 0 Å². The molecule has 0 amide bonds. The average molecular weight is 1210 g/mol. The molecular weight excluding hydrogens is 1090 g/mol. The van der Waals surface area contributed by atoms with E-state index in [0.717, 1.165) is 115 Å². The zero-order valence-electron chi connectivity index (χ0n) is 52.9. The number of carbonyl (C=O) groups excluding carboxylic acids is 4. The zero-order chi connectivity index (χ0) is 61.0. The van der Waals surface area contributed by atoms with E-state index in [0.29, 0.717) is 31.6 Å². The van der Waals surface area contributed by atoms with Crippen molar-refractivity contribution in [1.82, 2.24) is 0 Å². The molecule has 0 aromatic carbocycles. The van der Waals surface area contributed by atoms with Crippen LogP contribution >= 0.6 is 15.6 Å². The molecule has 0 fully saturated rings. The van der Waals surface area contributed by atoms with E-state index >= 15 is 0 Å². The minimum atomic E-state index is -4.94. The molecule has 0 saturated carbocycles. The van der Waals surface area contributed by atoms with Gasteiger partial charge in [-0.15, -0.1) is 0 Å². The fraction of sp³-hybridized carbons (Fsp3) is 0.937. The van der Waals surface area contributed by atoms with Crippen molar-refractivity contribution < 1.29 is 80.2 Å². The lowest BCUT2D eigenvalue weighted by molar-refractivity contribution is -0.161. The summed E-state index contributed by atoms with van der Waals surface area (Å²) in [4.78, 5) is 72.0. The highest BCUT2D eigenvalue weighted by Gasteiger charge is 2.30. The highest BCUT2D eigenvalue weighted by atomic mass is 31.2. The van der Waals surface area contributed by atoms with E-state index in [1.807, 2.05) is 0 Å². The van der Waals surface area contributed by atoms with Crippen LogP contribution < -0.4 is 0 Å². The maximum absolute atomic E-state index is 13.0. The lowest BCUT2D eigenvalue weighted by atomic mass is 10.0. The summed E-state index contributed by atoms with van der Waals surface area (Å²) in [7, 11) is -9.88. The number of hydrogen-bond donors (Lipinski definition) is 3. The summed E-state index contributed by atoms with van der Waals surface area (Å²) in [5.74, 6) is 0.0338. The minimum Gasteiger partial charge on any atom is -0.462 e. The van der Waals surface area contributed by atoms with Gasteiger partial charge < -0.3 is 33.8 Å². The molecule has 5 atom stereocenters. The summed E-state index contributed by atoms with van der Waals surface area (Å²) < 4.78 is 67.8. The molecule has 0 aliphatic heterocycles. The standard InChI is InChI=1S/C63H122O17P2/c1-8-9-10-11-20-30-37-44-60(65)73-50-59(80-63(68)47-40-33-26-25-29-36-43-56(6)7)53-78-82(71,72)76-49-57(64)48-75-81(69,70)77-52-58(51-74-61(66)45-38-31-23-19-15-17-22-28-35-42-55(4)5)79-62(67)46-39-32-24-18-14-12-13-16-21-27-34-41-54(2)3/h54-59,64H,8-53H2,1-7H3,(H,69,70)(H,71,72)/t57-,58-,59-/m1/s1. The summed E-state index contributed by atoms with van der Waals surface area (Å²) >= 11 is 0. The first-order valence-electron chi connectivity index (χ1n) is 32.8. The third kappa shape index (κ3) is 57.2. The van der Waals surface area contributed by atoms with E-state index < -0.39 is 97.5 Å². The van der Waals surface area contributed by atoms with Crippen LogP contribution in [0.5, 0.6) is 0 Å². The van der Waals surface area contributed by atoms with Crippen LogP contribution in [-0.2, 0) is 65.4 Å². The number of ether oxygens (including phenoxy) is 4. The minimum absolute atomic E-state index is 0.101. The lowest BCUT2D eigenvalue weighted by Gasteiger charge is -2.21. The highest BCUT2D eigenvalue weighted by Crippen LogP contribution is 2.45. The topological polar surface area (TPSA) is 237 Å². The van der Waals surface area contributed by atoms with Gasteiger partial charge in [-0.2, -0.15) is 0 Å². The van der Waals surface area contributed by atoms with Gasteiger partial charge in [0.05, 0.1) is 26.4 Å². The molecule has 0 heterocycles. The van der Waals surface area contributed by atoms with Crippen LogP contribution in [0, 0.1) is 17.8 Å².